The van der Waals surface area contributed by atoms with E-state index in [0.29, 0.717) is 12.0 Å². The average molecular weight is 410 g/mol. The van der Waals surface area contributed by atoms with Crippen LogP contribution in [0.1, 0.15) is 82.2 Å². The molecule has 0 amide bonds. The molecule has 6 heteroatoms. The number of aromatic nitrogens is 4. The number of fused-ring (bicyclic) bond motifs is 1. The Kier molecular flexibility index (Phi) is 6.96. The molecule has 2 heterocycles. The van der Waals surface area contributed by atoms with Gasteiger partial charge in [-0.2, -0.15) is 0 Å². The van der Waals surface area contributed by atoms with E-state index in [0.717, 1.165) is 59.5 Å². The molecule has 0 spiro atoms. The Morgan fingerprint density at radius 3 is 2.48 bits per heavy atom. The fraction of sp³-hybridized carbons (Fsp3) is 0.478. The SMILES string of the molecule is CCCC(CCC)n1nnc2c(Nc3ccc(C(C)C)cc3C=S)nc(C)cc21. The van der Waals surface area contributed by atoms with Crippen molar-refractivity contribution in [3.8, 4) is 0 Å². The largest absolute Gasteiger partial charge is 0.338 e. The van der Waals surface area contributed by atoms with Crippen molar-refractivity contribution in [1.82, 2.24) is 20.0 Å². The van der Waals surface area contributed by atoms with Gasteiger partial charge in [-0.15, -0.1) is 5.10 Å². The van der Waals surface area contributed by atoms with Crippen molar-refractivity contribution < 1.29 is 0 Å². The highest BCUT2D eigenvalue weighted by Crippen LogP contribution is 2.30. The zero-order valence-corrected chi connectivity index (χ0v) is 18.9. The number of benzene rings is 1. The van der Waals surface area contributed by atoms with Crippen LogP contribution in [0.4, 0.5) is 11.5 Å². The molecule has 3 aromatic rings. The third kappa shape index (κ3) is 4.64. The fourth-order valence-electron chi connectivity index (χ4n) is 3.75. The maximum atomic E-state index is 5.27. The summed E-state index contributed by atoms with van der Waals surface area (Å²) in [6.07, 6.45) is 4.45. The van der Waals surface area contributed by atoms with Gasteiger partial charge in [0.1, 0.15) is 0 Å². The van der Waals surface area contributed by atoms with Gasteiger partial charge in [0.2, 0.25) is 0 Å². The zero-order valence-electron chi connectivity index (χ0n) is 18.1. The molecule has 0 saturated heterocycles. The van der Waals surface area contributed by atoms with Crippen LogP contribution in [-0.2, 0) is 0 Å². The van der Waals surface area contributed by atoms with E-state index in [1.54, 1.807) is 5.37 Å². The molecule has 0 aliphatic heterocycles. The molecule has 1 aromatic carbocycles. The molecule has 0 bridgehead atoms. The maximum Gasteiger partial charge on any atom is 0.160 e. The normalized spacial score (nSPS) is 11.6. The molecular weight excluding hydrogens is 378 g/mol. The molecule has 3 rings (SSSR count). The average Bonchev–Trinajstić information content (AvgIpc) is 3.11. The topological polar surface area (TPSA) is 55.6 Å². The van der Waals surface area contributed by atoms with Crippen LogP contribution in [0.25, 0.3) is 11.0 Å². The summed E-state index contributed by atoms with van der Waals surface area (Å²) in [7, 11) is 0. The first-order valence-electron chi connectivity index (χ1n) is 10.6. The van der Waals surface area contributed by atoms with Gasteiger partial charge < -0.3 is 5.32 Å². The van der Waals surface area contributed by atoms with Gasteiger partial charge in [0.05, 0.1) is 11.6 Å². The van der Waals surface area contributed by atoms with E-state index in [2.05, 4.69) is 72.3 Å². The number of hydrogen-bond acceptors (Lipinski definition) is 5. The van der Waals surface area contributed by atoms with Crippen LogP contribution in [0, 0.1) is 6.92 Å². The third-order valence-electron chi connectivity index (χ3n) is 5.30. The molecule has 0 atom stereocenters. The van der Waals surface area contributed by atoms with Crippen molar-refractivity contribution >= 4 is 40.1 Å². The number of hydrogen-bond donors (Lipinski definition) is 1. The van der Waals surface area contributed by atoms with E-state index in [1.165, 1.54) is 5.56 Å². The summed E-state index contributed by atoms with van der Waals surface area (Å²) in [5.74, 6) is 1.18. The standard InChI is InChI=1S/C23H31N5S/c1-6-8-19(9-7-2)28-21-12-16(5)24-23(22(21)26-27-28)25-20-11-10-17(15(3)4)13-18(20)14-29/h10-15,19H,6-9H2,1-5H3,(H,24,25). The van der Waals surface area contributed by atoms with Gasteiger partial charge in [-0.1, -0.05) is 64.0 Å². The van der Waals surface area contributed by atoms with Crippen LogP contribution < -0.4 is 5.32 Å². The Morgan fingerprint density at radius 1 is 1.14 bits per heavy atom. The lowest BCUT2D eigenvalue weighted by Crippen LogP contribution is -2.10. The van der Waals surface area contributed by atoms with Crippen LogP contribution in [-0.4, -0.2) is 25.3 Å². The number of thiocarbonyl (C=S) groups is 1. The van der Waals surface area contributed by atoms with Crippen LogP contribution >= 0.6 is 12.2 Å². The second kappa shape index (κ2) is 9.44. The van der Waals surface area contributed by atoms with E-state index in [4.69, 9.17) is 17.2 Å². The van der Waals surface area contributed by atoms with Crippen molar-refractivity contribution in [1.29, 1.82) is 0 Å². The predicted molar refractivity (Wildman–Crippen MR) is 125 cm³/mol. The lowest BCUT2D eigenvalue weighted by molar-refractivity contribution is 0.393. The van der Waals surface area contributed by atoms with Gasteiger partial charge in [-0.25, -0.2) is 9.67 Å². The van der Waals surface area contributed by atoms with Crippen molar-refractivity contribution in [3.63, 3.8) is 0 Å². The van der Waals surface area contributed by atoms with Gasteiger partial charge in [-0.05, 0) is 49.4 Å². The molecular formula is C23H31N5S. The highest BCUT2D eigenvalue weighted by Gasteiger charge is 2.18. The number of aryl methyl sites for hydroxylation is 1. The minimum atomic E-state index is 0.367. The Labute approximate surface area is 178 Å². The summed E-state index contributed by atoms with van der Waals surface area (Å²) >= 11 is 5.27. The zero-order chi connectivity index (χ0) is 21.0. The lowest BCUT2D eigenvalue weighted by Gasteiger charge is -2.17. The van der Waals surface area contributed by atoms with Crippen molar-refractivity contribution in [2.75, 3.05) is 5.32 Å². The molecule has 0 fully saturated rings. The Balaban J connectivity index is 2.04. The van der Waals surface area contributed by atoms with Gasteiger partial charge in [0.15, 0.2) is 11.3 Å². The highest BCUT2D eigenvalue weighted by atomic mass is 32.1. The van der Waals surface area contributed by atoms with E-state index in [-0.39, 0.29) is 0 Å². The monoisotopic (exact) mass is 409 g/mol. The molecule has 0 aliphatic carbocycles. The first-order valence-corrected chi connectivity index (χ1v) is 11.0. The van der Waals surface area contributed by atoms with Gasteiger partial charge >= 0.3 is 0 Å². The highest BCUT2D eigenvalue weighted by molar-refractivity contribution is 7.79. The minimum absolute atomic E-state index is 0.367. The predicted octanol–water partition coefficient (Wildman–Crippen LogP) is 6.49. The Hall–Kier alpha value is -2.34. The number of nitrogens with zero attached hydrogens (tertiary/aromatic N) is 4. The maximum absolute atomic E-state index is 5.27. The van der Waals surface area contributed by atoms with E-state index in [9.17, 15) is 0 Å². The summed E-state index contributed by atoms with van der Waals surface area (Å²) in [5, 5.41) is 14.2. The summed E-state index contributed by atoms with van der Waals surface area (Å²) < 4.78 is 2.09. The molecule has 2 aromatic heterocycles. The number of pyridine rings is 1. The number of nitrogens with one attached hydrogen (secondary N) is 1. The minimum Gasteiger partial charge on any atom is -0.338 e. The van der Waals surface area contributed by atoms with Crippen molar-refractivity contribution in [3.05, 3.63) is 41.1 Å². The first kappa shape index (κ1) is 21.4. The van der Waals surface area contributed by atoms with E-state index < -0.39 is 0 Å². The molecule has 0 saturated carbocycles. The van der Waals surface area contributed by atoms with Gasteiger partial charge in [-0.3, -0.25) is 0 Å². The summed E-state index contributed by atoms with van der Waals surface area (Å²) in [4.78, 5) is 4.72. The van der Waals surface area contributed by atoms with Crippen LogP contribution in [0.3, 0.4) is 0 Å². The van der Waals surface area contributed by atoms with Gasteiger partial charge in [0, 0.05) is 22.3 Å². The van der Waals surface area contributed by atoms with Crippen molar-refractivity contribution in [2.24, 2.45) is 0 Å². The lowest BCUT2D eigenvalue weighted by atomic mass is 10.0. The molecule has 5 nitrogen and oxygen atoms in total. The summed E-state index contributed by atoms with van der Waals surface area (Å²) in [6, 6.07) is 8.80. The Bertz CT molecular complexity index is 986. The van der Waals surface area contributed by atoms with Gasteiger partial charge in [0.25, 0.3) is 0 Å². The molecule has 0 unspecified atom stereocenters. The van der Waals surface area contributed by atoms with Crippen LogP contribution in [0.15, 0.2) is 24.3 Å². The number of anilines is 2. The molecule has 0 radical (unpaired) electrons. The van der Waals surface area contributed by atoms with Crippen LogP contribution in [0.5, 0.6) is 0 Å². The second-order valence-electron chi connectivity index (χ2n) is 7.99. The van der Waals surface area contributed by atoms with E-state index in [1.807, 2.05) is 6.92 Å². The van der Waals surface area contributed by atoms with Crippen LogP contribution in [0.2, 0.25) is 0 Å². The fourth-order valence-corrected chi connectivity index (χ4v) is 3.95. The number of rotatable bonds is 9. The quantitative estimate of drug-likeness (QED) is 0.409. The summed E-state index contributed by atoms with van der Waals surface area (Å²) in [6.45, 7) is 10.8. The molecule has 1 N–H and O–H groups in total. The molecule has 0 aliphatic rings. The molecule has 29 heavy (non-hydrogen) atoms. The molecule has 154 valence electrons. The smallest absolute Gasteiger partial charge is 0.160 e. The Morgan fingerprint density at radius 2 is 1.86 bits per heavy atom. The summed E-state index contributed by atoms with van der Waals surface area (Å²) in [5.41, 5.74) is 5.98. The first-order chi connectivity index (χ1) is 14.0. The van der Waals surface area contributed by atoms with Crippen molar-refractivity contribution in [2.45, 2.75) is 72.3 Å². The second-order valence-corrected chi connectivity index (χ2v) is 8.23. The third-order valence-corrected chi connectivity index (χ3v) is 5.55. The van der Waals surface area contributed by atoms with E-state index >= 15 is 0 Å².